The van der Waals surface area contributed by atoms with E-state index in [0.717, 1.165) is 42.5 Å². The summed E-state index contributed by atoms with van der Waals surface area (Å²) in [6.45, 7) is 0.833. The maximum atomic E-state index is 7.65. The molecule has 3 N–H and O–H groups in total. The Morgan fingerprint density at radius 1 is 1.32 bits per heavy atom. The van der Waals surface area contributed by atoms with Crippen LogP contribution in [-0.4, -0.2) is 28.4 Å². The van der Waals surface area contributed by atoms with Crippen molar-refractivity contribution in [2.45, 2.75) is 25.3 Å². The first kappa shape index (κ1) is 14.4. The number of hydrogen-bond acceptors (Lipinski definition) is 3. The number of nitrogens with one attached hydrogen (secondary N) is 1. The molecule has 22 heavy (non-hydrogen) atoms. The van der Waals surface area contributed by atoms with Crippen LogP contribution in [0.15, 0.2) is 48.9 Å². The van der Waals surface area contributed by atoms with Gasteiger partial charge in [-0.1, -0.05) is 18.2 Å². The number of aromatic nitrogens is 1. The van der Waals surface area contributed by atoms with Gasteiger partial charge in [-0.05, 0) is 37.5 Å². The average molecular weight is 296 g/mol. The summed E-state index contributed by atoms with van der Waals surface area (Å²) in [5.74, 6) is 0.862. The van der Waals surface area contributed by atoms with E-state index in [0.29, 0.717) is 0 Å². The zero-order valence-corrected chi connectivity index (χ0v) is 12.4. The Hall–Kier alpha value is -2.56. The number of ether oxygens (including phenoxy) is 1. The zero-order chi connectivity index (χ0) is 15.4. The first-order valence-electron chi connectivity index (χ1n) is 7.53. The van der Waals surface area contributed by atoms with Gasteiger partial charge in [0.1, 0.15) is 5.52 Å². The molecule has 0 amide bonds. The van der Waals surface area contributed by atoms with Crippen molar-refractivity contribution in [1.82, 2.24) is 9.88 Å². The molecule has 1 aromatic carbocycles. The Labute approximate surface area is 129 Å². The normalized spacial score (nSPS) is 18.7. The second-order valence-corrected chi connectivity index (χ2v) is 5.42. The summed E-state index contributed by atoms with van der Waals surface area (Å²) < 4.78 is 5.77. The third-order valence-electron chi connectivity index (χ3n) is 3.95. The second-order valence-electron chi connectivity index (χ2n) is 5.42. The van der Waals surface area contributed by atoms with E-state index in [-0.39, 0.29) is 12.0 Å². The SMILES string of the molecule is N=C(N)N1CCCCC1C=COc1cccc2cccnc12. The quantitative estimate of drug-likeness (QED) is 0.519. The summed E-state index contributed by atoms with van der Waals surface area (Å²) >= 11 is 0. The van der Waals surface area contributed by atoms with Gasteiger partial charge in [-0.25, -0.2) is 0 Å². The summed E-state index contributed by atoms with van der Waals surface area (Å²) in [6.07, 6.45) is 8.65. The summed E-state index contributed by atoms with van der Waals surface area (Å²) in [5, 5.41) is 8.70. The predicted molar refractivity (Wildman–Crippen MR) is 87.8 cm³/mol. The highest BCUT2D eigenvalue weighted by Gasteiger charge is 2.20. The standard InChI is InChI=1S/C17H20N4O/c18-17(19)21-11-2-1-7-14(21)9-12-22-15-8-3-5-13-6-4-10-20-16(13)15/h3-6,8-10,12,14H,1-2,7,11H2,(H3,18,19). The van der Waals surface area contributed by atoms with Gasteiger partial charge in [0.05, 0.1) is 12.3 Å². The number of benzene rings is 1. The van der Waals surface area contributed by atoms with E-state index in [1.165, 1.54) is 0 Å². The lowest BCUT2D eigenvalue weighted by Crippen LogP contribution is -2.46. The number of piperidine rings is 1. The van der Waals surface area contributed by atoms with Crippen molar-refractivity contribution >= 4 is 16.9 Å². The fourth-order valence-corrected chi connectivity index (χ4v) is 2.83. The molecule has 2 aromatic rings. The molecule has 1 aromatic heterocycles. The molecule has 5 heteroatoms. The molecule has 2 heterocycles. The summed E-state index contributed by atoms with van der Waals surface area (Å²) in [5.41, 5.74) is 6.49. The maximum Gasteiger partial charge on any atom is 0.188 e. The fourth-order valence-electron chi connectivity index (χ4n) is 2.83. The second kappa shape index (κ2) is 6.47. The molecular formula is C17H20N4O. The number of rotatable bonds is 3. The Morgan fingerprint density at radius 2 is 2.18 bits per heavy atom. The zero-order valence-electron chi connectivity index (χ0n) is 12.4. The van der Waals surface area contributed by atoms with E-state index in [2.05, 4.69) is 4.98 Å². The van der Waals surface area contributed by atoms with E-state index in [1.807, 2.05) is 41.3 Å². The van der Waals surface area contributed by atoms with Crippen molar-refractivity contribution < 1.29 is 4.74 Å². The van der Waals surface area contributed by atoms with Crippen LogP contribution in [0.1, 0.15) is 19.3 Å². The summed E-state index contributed by atoms with van der Waals surface area (Å²) in [7, 11) is 0. The highest BCUT2D eigenvalue weighted by molar-refractivity contribution is 5.84. The Bertz CT molecular complexity index is 693. The minimum absolute atomic E-state index is 0.126. The number of nitrogens with two attached hydrogens (primary N) is 1. The van der Waals surface area contributed by atoms with Crippen LogP contribution < -0.4 is 10.5 Å². The monoisotopic (exact) mass is 296 g/mol. The number of nitrogens with zero attached hydrogens (tertiary/aromatic N) is 2. The molecule has 0 aliphatic carbocycles. The van der Waals surface area contributed by atoms with Crippen molar-refractivity contribution in [2.24, 2.45) is 5.73 Å². The number of likely N-dealkylation sites (tertiary alicyclic amines) is 1. The summed E-state index contributed by atoms with van der Waals surface area (Å²) in [4.78, 5) is 6.27. The molecular weight excluding hydrogens is 276 g/mol. The third kappa shape index (κ3) is 3.03. The van der Waals surface area contributed by atoms with Gasteiger partial charge < -0.3 is 15.4 Å². The molecule has 0 radical (unpaired) electrons. The number of fused-ring (bicyclic) bond motifs is 1. The van der Waals surface area contributed by atoms with Crippen LogP contribution in [0.25, 0.3) is 10.9 Å². The molecule has 0 spiro atoms. The number of guanidine groups is 1. The van der Waals surface area contributed by atoms with Gasteiger partial charge in [-0.3, -0.25) is 10.4 Å². The van der Waals surface area contributed by atoms with Gasteiger partial charge in [0.15, 0.2) is 11.7 Å². The average Bonchev–Trinajstić information content (AvgIpc) is 2.55. The van der Waals surface area contributed by atoms with Crippen LogP contribution >= 0.6 is 0 Å². The highest BCUT2D eigenvalue weighted by Crippen LogP contribution is 2.23. The van der Waals surface area contributed by atoms with Crippen LogP contribution in [0.3, 0.4) is 0 Å². The Kier molecular flexibility index (Phi) is 4.23. The van der Waals surface area contributed by atoms with Gasteiger partial charge in [-0.2, -0.15) is 0 Å². The maximum absolute atomic E-state index is 7.65. The molecule has 0 saturated carbocycles. The molecule has 1 aliphatic heterocycles. The third-order valence-corrected chi connectivity index (χ3v) is 3.95. The van der Waals surface area contributed by atoms with Crippen LogP contribution in [0.2, 0.25) is 0 Å². The van der Waals surface area contributed by atoms with Crippen LogP contribution in [-0.2, 0) is 0 Å². The van der Waals surface area contributed by atoms with Crippen molar-refractivity contribution in [3.63, 3.8) is 0 Å². The molecule has 1 atom stereocenters. The molecule has 3 rings (SSSR count). The first-order valence-corrected chi connectivity index (χ1v) is 7.53. The highest BCUT2D eigenvalue weighted by atomic mass is 16.5. The lowest BCUT2D eigenvalue weighted by atomic mass is 10.0. The Morgan fingerprint density at radius 3 is 3.05 bits per heavy atom. The van der Waals surface area contributed by atoms with Gasteiger partial charge in [0.25, 0.3) is 0 Å². The number of para-hydroxylation sites is 1. The number of hydrogen-bond donors (Lipinski definition) is 2. The van der Waals surface area contributed by atoms with Gasteiger partial charge in [0, 0.05) is 18.1 Å². The smallest absolute Gasteiger partial charge is 0.188 e. The largest absolute Gasteiger partial charge is 0.463 e. The van der Waals surface area contributed by atoms with Gasteiger partial charge in [-0.15, -0.1) is 0 Å². The van der Waals surface area contributed by atoms with Crippen LogP contribution in [0.4, 0.5) is 0 Å². The molecule has 1 unspecified atom stereocenters. The van der Waals surface area contributed by atoms with E-state index in [4.69, 9.17) is 15.9 Å². The van der Waals surface area contributed by atoms with Crippen LogP contribution in [0.5, 0.6) is 5.75 Å². The van der Waals surface area contributed by atoms with Crippen molar-refractivity contribution in [3.05, 3.63) is 48.9 Å². The molecule has 1 aliphatic rings. The predicted octanol–water partition coefficient (Wildman–Crippen LogP) is 2.88. The minimum Gasteiger partial charge on any atom is -0.463 e. The molecule has 1 fully saturated rings. The summed E-state index contributed by atoms with van der Waals surface area (Å²) in [6, 6.07) is 9.93. The van der Waals surface area contributed by atoms with Gasteiger partial charge >= 0.3 is 0 Å². The van der Waals surface area contributed by atoms with Crippen molar-refractivity contribution in [2.75, 3.05) is 6.54 Å². The molecule has 114 valence electrons. The van der Waals surface area contributed by atoms with Crippen LogP contribution in [0, 0.1) is 5.41 Å². The van der Waals surface area contributed by atoms with E-state index < -0.39 is 0 Å². The van der Waals surface area contributed by atoms with Crippen molar-refractivity contribution in [1.29, 1.82) is 5.41 Å². The molecule has 1 saturated heterocycles. The number of pyridine rings is 1. The lowest BCUT2D eigenvalue weighted by Gasteiger charge is -2.33. The Balaban J connectivity index is 1.74. The minimum atomic E-state index is 0.126. The van der Waals surface area contributed by atoms with E-state index in [9.17, 15) is 0 Å². The fraction of sp³-hybridized carbons (Fsp3) is 0.294. The van der Waals surface area contributed by atoms with Gasteiger partial charge in [0.2, 0.25) is 0 Å². The first-order chi connectivity index (χ1) is 10.8. The molecule has 0 bridgehead atoms. The molecule has 5 nitrogen and oxygen atoms in total. The van der Waals surface area contributed by atoms with E-state index in [1.54, 1.807) is 12.5 Å². The van der Waals surface area contributed by atoms with Crippen molar-refractivity contribution in [3.8, 4) is 5.75 Å². The lowest BCUT2D eigenvalue weighted by molar-refractivity contribution is 0.275. The van der Waals surface area contributed by atoms with E-state index >= 15 is 0 Å². The topological polar surface area (TPSA) is 75.2 Å².